The van der Waals surface area contributed by atoms with E-state index in [1.54, 1.807) is 0 Å². The van der Waals surface area contributed by atoms with Crippen molar-refractivity contribution in [3.05, 3.63) is 11.9 Å². The van der Waals surface area contributed by atoms with Crippen LogP contribution < -0.4 is 0 Å². The largest absolute Gasteiger partial charge is 0.374 e. The van der Waals surface area contributed by atoms with E-state index in [2.05, 4.69) is 29.1 Å². The van der Waals surface area contributed by atoms with E-state index in [1.165, 1.54) is 0 Å². The van der Waals surface area contributed by atoms with Crippen LogP contribution in [-0.4, -0.2) is 76.6 Å². The predicted molar refractivity (Wildman–Crippen MR) is 110 cm³/mol. The molecule has 0 N–H and O–H groups in total. The minimum atomic E-state index is -0.0925. The maximum Gasteiger partial charge on any atom is 0.228 e. The van der Waals surface area contributed by atoms with Crippen molar-refractivity contribution in [3.8, 4) is 11.8 Å². The van der Waals surface area contributed by atoms with Gasteiger partial charge < -0.3 is 9.64 Å². The summed E-state index contributed by atoms with van der Waals surface area (Å²) in [7, 11) is 3.97. The van der Waals surface area contributed by atoms with Gasteiger partial charge in [-0.2, -0.15) is 0 Å². The van der Waals surface area contributed by atoms with Crippen LogP contribution in [0.4, 0.5) is 0 Å². The summed E-state index contributed by atoms with van der Waals surface area (Å²) in [5, 5.41) is 8.36. The molecule has 7 nitrogen and oxygen atoms in total. The predicted octanol–water partition coefficient (Wildman–Crippen LogP) is 2.19. The van der Waals surface area contributed by atoms with E-state index in [1.807, 2.05) is 55.5 Å². The van der Waals surface area contributed by atoms with Crippen molar-refractivity contribution in [1.29, 1.82) is 0 Å². The zero-order chi connectivity index (χ0) is 20.7. The SMILES string of the molecule is CCN(CC)C(=O)[C@H](C)[C@H]1CC[C@@H](C[C@@H](C)n2cc(C#CCN(C)C)nn2)O1. The Morgan fingerprint density at radius 3 is 2.68 bits per heavy atom. The van der Waals surface area contributed by atoms with E-state index in [0.29, 0.717) is 12.2 Å². The normalized spacial score (nSPS) is 21.2. The van der Waals surface area contributed by atoms with Crippen LogP contribution in [0.2, 0.25) is 0 Å². The summed E-state index contributed by atoms with van der Waals surface area (Å²) in [5.74, 6) is 6.22. The van der Waals surface area contributed by atoms with Crippen molar-refractivity contribution < 1.29 is 9.53 Å². The maximum atomic E-state index is 12.6. The fourth-order valence-corrected chi connectivity index (χ4v) is 3.58. The molecule has 7 heteroatoms. The molecule has 1 aliphatic rings. The summed E-state index contributed by atoms with van der Waals surface area (Å²) < 4.78 is 8.09. The Kier molecular flexibility index (Phi) is 8.46. The smallest absolute Gasteiger partial charge is 0.228 e. The average Bonchev–Trinajstić information content (AvgIpc) is 3.31. The Hall–Kier alpha value is -1.91. The van der Waals surface area contributed by atoms with Gasteiger partial charge in [0.2, 0.25) is 5.91 Å². The summed E-state index contributed by atoms with van der Waals surface area (Å²) in [5.41, 5.74) is 0.692. The van der Waals surface area contributed by atoms with Crippen LogP contribution in [0.15, 0.2) is 6.20 Å². The van der Waals surface area contributed by atoms with E-state index in [0.717, 1.165) is 32.4 Å². The van der Waals surface area contributed by atoms with E-state index in [4.69, 9.17) is 4.74 Å². The Morgan fingerprint density at radius 2 is 2.04 bits per heavy atom. The summed E-state index contributed by atoms with van der Waals surface area (Å²) >= 11 is 0. The molecule has 1 aliphatic heterocycles. The minimum absolute atomic E-state index is 0.00788. The molecule has 0 aliphatic carbocycles. The summed E-state index contributed by atoms with van der Waals surface area (Å²) in [6, 6.07) is 0.175. The first kappa shape index (κ1) is 22.4. The van der Waals surface area contributed by atoms with Gasteiger partial charge in [0.1, 0.15) is 0 Å². The lowest BCUT2D eigenvalue weighted by molar-refractivity contribution is -0.139. The van der Waals surface area contributed by atoms with Gasteiger partial charge in [-0.1, -0.05) is 18.1 Å². The molecule has 0 bridgehead atoms. The molecule has 4 atom stereocenters. The highest BCUT2D eigenvalue weighted by atomic mass is 16.5. The van der Waals surface area contributed by atoms with Crippen molar-refractivity contribution in [2.45, 2.75) is 65.2 Å². The van der Waals surface area contributed by atoms with Crippen LogP contribution in [0.3, 0.4) is 0 Å². The highest BCUT2D eigenvalue weighted by molar-refractivity contribution is 5.79. The van der Waals surface area contributed by atoms with E-state index in [-0.39, 0.29) is 30.1 Å². The maximum absolute atomic E-state index is 12.6. The third-order valence-electron chi connectivity index (χ3n) is 5.34. The number of aromatic nitrogens is 3. The molecule has 0 radical (unpaired) electrons. The number of hydrogen-bond donors (Lipinski definition) is 0. The van der Waals surface area contributed by atoms with Gasteiger partial charge in [0.15, 0.2) is 5.69 Å². The lowest BCUT2D eigenvalue weighted by Gasteiger charge is -2.26. The minimum Gasteiger partial charge on any atom is -0.374 e. The van der Waals surface area contributed by atoms with Gasteiger partial charge in [-0.25, -0.2) is 4.68 Å². The molecule has 1 saturated heterocycles. The quantitative estimate of drug-likeness (QED) is 0.638. The molecule has 1 aromatic rings. The molecule has 0 saturated carbocycles. The lowest BCUT2D eigenvalue weighted by Crippen LogP contribution is -2.39. The van der Waals surface area contributed by atoms with Crippen molar-refractivity contribution in [3.63, 3.8) is 0 Å². The van der Waals surface area contributed by atoms with Gasteiger partial charge >= 0.3 is 0 Å². The van der Waals surface area contributed by atoms with E-state index < -0.39 is 0 Å². The number of rotatable bonds is 8. The number of hydrogen-bond acceptors (Lipinski definition) is 5. The Balaban J connectivity index is 1.87. The van der Waals surface area contributed by atoms with Gasteiger partial charge in [-0.15, -0.1) is 5.10 Å². The third kappa shape index (κ3) is 6.05. The topological polar surface area (TPSA) is 63.5 Å². The standard InChI is InChI=1S/C21H35N5O2/c1-7-25(8-2)21(27)17(4)20-12-11-19(28-20)14-16(3)26-15-18(22-23-26)10-9-13-24(5)6/h15-17,19-20H,7-8,11-14H2,1-6H3/t16-,17-,19+,20-/m1/s1. The summed E-state index contributed by atoms with van der Waals surface area (Å²) in [6.45, 7) is 10.3. The van der Waals surface area contributed by atoms with Crippen LogP contribution in [-0.2, 0) is 9.53 Å². The molecule has 0 spiro atoms. The van der Waals surface area contributed by atoms with E-state index >= 15 is 0 Å². The van der Waals surface area contributed by atoms with Gasteiger partial charge in [0.05, 0.1) is 36.9 Å². The number of carbonyl (C=O) groups is 1. The van der Waals surface area contributed by atoms with Gasteiger partial charge in [0, 0.05) is 13.1 Å². The fraction of sp³-hybridized carbons (Fsp3) is 0.762. The molecule has 0 aromatic carbocycles. The molecule has 1 fully saturated rings. The molecular formula is C21H35N5O2. The molecule has 0 unspecified atom stereocenters. The number of nitrogens with zero attached hydrogens (tertiary/aromatic N) is 5. The monoisotopic (exact) mass is 389 g/mol. The van der Waals surface area contributed by atoms with E-state index in [9.17, 15) is 4.79 Å². The fourth-order valence-electron chi connectivity index (χ4n) is 3.58. The summed E-state index contributed by atoms with van der Waals surface area (Å²) in [4.78, 5) is 16.5. The molecule has 2 rings (SSSR count). The van der Waals surface area contributed by atoms with Crippen molar-refractivity contribution in [1.82, 2.24) is 24.8 Å². The molecule has 28 heavy (non-hydrogen) atoms. The van der Waals surface area contributed by atoms with Crippen LogP contribution >= 0.6 is 0 Å². The Morgan fingerprint density at radius 1 is 1.32 bits per heavy atom. The van der Waals surface area contributed by atoms with Crippen LogP contribution in [0, 0.1) is 17.8 Å². The van der Waals surface area contributed by atoms with Gasteiger partial charge in [-0.05, 0) is 60.0 Å². The highest BCUT2D eigenvalue weighted by Crippen LogP contribution is 2.30. The molecule has 1 amide bonds. The zero-order valence-electron chi connectivity index (χ0n) is 18.2. The first-order chi connectivity index (χ1) is 13.3. The molecule has 156 valence electrons. The second-order valence-corrected chi connectivity index (χ2v) is 7.88. The summed E-state index contributed by atoms with van der Waals surface area (Å²) in [6.07, 6.45) is 4.83. The third-order valence-corrected chi connectivity index (χ3v) is 5.34. The van der Waals surface area contributed by atoms with Crippen LogP contribution in [0.25, 0.3) is 0 Å². The second-order valence-electron chi connectivity index (χ2n) is 7.88. The second kappa shape index (κ2) is 10.6. The average molecular weight is 390 g/mol. The Labute approximate surface area is 169 Å². The van der Waals surface area contributed by atoms with Crippen LogP contribution in [0.1, 0.15) is 58.7 Å². The number of carbonyl (C=O) groups excluding carboxylic acids is 1. The lowest BCUT2D eigenvalue weighted by atomic mass is 9.99. The van der Waals surface area contributed by atoms with Crippen molar-refractivity contribution in [2.75, 3.05) is 33.7 Å². The zero-order valence-corrected chi connectivity index (χ0v) is 18.2. The van der Waals surface area contributed by atoms with Crippen molar-refractivity contribution >= 4 is 5.91 Å². The van der Waals surface area contributed by atoms with Gasteiger partial charge in [-0.3, -0.25) is 9.69 Å². The molecular weight excluding hydrogens is 354 g/mol. The molecule has 1 aromatic heterocycles. The first-order valence-electron chi connectivity index (χ1n) is 10.3. The molecule has 2 heterocycles. The van der Waals surface area contributed by atoms with Gasteiger partial charge in [0.25, 0.3) is 0 Å². The first-order valence-corrected chi connectivity index (χ1v) is 10.3. The van der Waals surface area contributed by atoms with Crippen molar-refractivity contribution in [2.24, 2.45) is 5.92 Å². The van der Waals surface area contributed by atoms with Crippen LogP contribution in [0.5, 0.6) is 0 Å². The highest BCUT2D eigenvalue weighted by Gasteiger charge is 2.35. The number of amides is 1. The number of ether oxygens (including phenoxy) is 1. The Bertz CT molecular complexity index is 686.